The third kappa shape index (κ3) is 3.72. The Morgan fingerprint density at radius 1 is 1.18 bits per heavy atom. The molecule has 0 spiro atoms. The van der Waals surface area contributed by atoms with Crippen LogP contribution in [0.3, 0.4) is 0 Å². The lowest BCUT2D eigenvalue weighted by atomic mass is 10.1. The zero-order valence-corrected chi connectivity index (χ0v) is 14.9. The summed E-state index contributed by atoms with van der Waals surface area (Å²) in [6.07, 6.45) is -7.08. The highest BCUT2D eigenvalue weighted by Gasteiger charge is 2.40. The van der Waals surface area contributed by atoms with Crippen molar-refractivity contribution >= 4 is 28.8 Å². The maximum atomic E-state index is 13.3. The number of halogens is 5. The van der Waals surface area contributed by atoms with Gasteiger partial charge < -0.3 is 15.2 Å². The third-order valence-corrected chi connectivity index (χ3v) is 4.66. The Hall–Kier alpha value is -2.52. The number of ether oxygens (including phenoxy) is 1. The van der Waals surface area contributed by atoms with Gasteiger partial charge in [-0.05, 0) is 24.3 Å². The smallest absolute Gasteiger partial charge is 0.406 e. The van der Waals surface area contributed by atoms with Crippen molar-refractivity contribution < 1.29 is 27.4 Å². The quantitative estimate of drug-likeness (QED) is 0.741. The molecule has 2 aliphatic rings. The zero-order valence-electron chi connectivity index (χ0n) is 14.1. The van der Waals surface area contributed by atoms with Gasteiger partial charge in [0.25, 0.3) is 0 Å². The number of fused-ring (bicyclic) bond motifs is 1. The van der Waals surface area contributed by atoms with Gasteiger partial charge in [-0.2, -0.15) is 0 Å². The van der Waals surface area contributed by atoms with Crippen molar-refractivity contribution in [1.82, 2.24) is 5.32 Å². The van der Waals surface area contributed by atoms with Crippen LogP contribution in [0.25, 0.3) is 0 Å². The Balaban J connectivity index is 1.79. The number of anilines is 2. The van der Waals surface area contributed by atoms with Gasteiger partial charge in [0, 0.05) is 18.1 Å². The fourth-order valence-electron chi connectivity index (χ4n) is 2.98. The molecule has 0 radical (unpaired) electrons. The Morgan fingerprint density at radius 2 is 1.89 bits per heavy atom. The summed E-state index contributed by atoms with van der Waals surface area (Å²) in [4.78, 5) is 5.42. The number of amidine groups is 1. The van der Waals surface area contributed by atoms with E-state index >= 15 is 0 Å². The summed E-state index contributed by atoms with van der Waals surface area (Å²) in [5, 5.41) is 13.7. The van der Waals surface area contributed by atoms with E-state index in [1.165, 1.54) is 11.0 Å². The molecule has 5 nitrogen and oxygen atoms in total. The lowest BCUT2D eigenvalue weighted by molar-refractivity contribution is -0.274. The van der Waals surface area contributed by atoms with Gasteiger partial charge in [0.05, 0.1) is 22.4 Å². The summed E-state index contributed by atoms with van der Waals surface area (Å²) in [5.41, 5.74) is 0.925. The van der Waals surface area contributed by atoms with Gasteiger partial charge >= 0.3 is 6.36 Å². The highest BCUT2D eigenvalue weighted by molar-refractivity contribution is 6.33. The molecule has 28 heavy (non-hydrogen) atoms. The molecule has 2 N–H and O–H groups in total. The summed E-state index contributed by atoms with van der Waals surface area (Å²) in [5.74, 6) is -0.277. The van der Waals surface area contributed by atoms with E-state index in [1.807, 2.05) is 0 Å². The monoisotopic (exact) mass is 415 g/mol. The van der Waals surface area contributed by atoms with Gasteiger partial charge in [-0.3, -0.25) is 4.90 Å². The minimum atomic E-state index is -4.87. The molecule has 0 bridgehead atoms. The van der Waals surface area contributed by atoms with Gasteiger partial charge in [0.15, 0.2) is 0 Å². The standard InChI is InChI=1S/C18H14ClF4N3O2/c19-11-3-1-2-4-14(11)26-15-7-9(28-18(21,22)23)5-6-10(15)16(25-17(26)27)24-13-8-12(13)20/h1-7,12-13,17,27H,8H2,(H,24,25)/t12-,13-,17?/m0/s1. The van der Waals surface area contributed by atoms with E-state index in [9.17, 15) is 22.7 Å². The molecule has 1 unspecified atom stereocenters. The summed E-state index contributed by atoms with van der Waals surface area (Å²) in [7, 11) is 0. The van der Waals surface area contributed by atoms with E-state index in [1.54, 1.807) is 24.3 Å². The Bertz CT molecular complexity index is 937. The first-order chi connectivity index (χ1) is 13.2. The minimum Gasteiger partial charge on any atom is -0.406 e. The van der Waals surface area contributed by atoms with Crippen LogP contribution in [0.15, 0.2) is 47.5 Å². The van der Waals surface area contributed by atoms with Gasteiger partial charge in [0.2, 0.25) is 6.35 Å². The first-order valence-electron chi connectivity index (χ1n) is 8.33. The predicted molar refractivity (Wildman–Crippen MR) is 95.7 cm³/mol. The van der Waals surface area contributed by atoms with E-state index < -0.39 is 30.7 Å². The SMILES string of the molecule is OC1N=C(N[C@H]2C[C@@H]2F)c2ccc(OC(F)(F)F)cc2N1c1ccccc1Cl. The molecular weight excluding hydrogens is 402 g/mol. The molecule has 1 aliphatic carbocycles. The maximum Gasteiger partial charge on any atom is 0.573 e. The van der Waals surface area contributed by atoms with Crippen LogP contribution < -0.4 is 15.0 Å². The molecule has 1 saturated carbocycles. The molecule has 2 aromatic carbocycles. The van der Waals surface area contributed by atoms with Crippen molar-refractivity contribution in [1.29, 1.82) is 0 Å². The molecule has 148 valence electrons. The molecule has 1 heterocycles. The lowest BCUT2D eigenvalue weighted by Gasteiger charge is -2.34. The normalized spacial score (nSPS) is 23.7. The first kappa shape index (κ1) is 18.8. The van der Waals surface area contributed by atoms with Crippen molar-refractivity contribution in [2.45, 2.75) is 31.3 Å². The molecule has 2 aromatic rings. The highest BCUT2D eigenvalue weighted by Crippen LogP contribution is 2.41. The van der Waals surface area contributed by atoms with Crippen LogP contribution in [-0.2, 0) is 0 Å². The minimum absolute atomic E-state index is 0.189. The van der Waals surface area contributed by atoms with Crippen molar-refractivity contribution in [2.24, 2.45) is 4.99 Å². The highest BCUT2D eigenvalue weighted by atomic mass is 35.5. The number of nitrogens with zero attached hydrogens (tertiary/aromatic N) is 2. The lowest BCUT2D eigenvalue weighted by Crippen LogP contribution is -2.40. The van der Waals surface area contributed by atoms with Crippen molar-refractivity contribution in [3.63, 3.8) is 0 Å². The van der Waals surface area contributed by atoms with E-state index in [0.717, 1.165) is 12.1 Å². The Labute approximate surface area is 162 Å². The van der Waals surface area contributed by atoms with Crippen LogP contribution in [-0.4, -0.2) is 35.9 Å². The van der Waals surface area contributed by atoms with Crippen molar-refractivity contribution in [2.75, 3.05) is 4.90 Å². The van der Waals surface area contributed by atoms with Crippen molar-refractivity contribution in [3.8, 4) is 5.75 Å². The number of nitrogens with one attached hydrogen (secondary N) is 1. The van der Waals surface area contributed by atoms with E-state index in [-0.39, 0.29) is 16.5 Å². The number of para-hydroxylation sites is 1. The molecule has 0 saturated heterocycles. The first-order valence-corrected chi connectivity index (χ1v) is 8.71. The number of alkyl halides is 4. The number of hydrogen-bond acceptors (Lipinski definition) is 5. The largest absolute Gasteiger partial charge is 0.573 e. The van der Waals surface area contributed by atoms with Crippen LogP contribution in [0.2, 0.25) is 5.02 Å². The molecule has 1 aliphatic heterocycles. The molecule has 3 atom stereocenters. The second kappa shape index (κ2) is 6.82. The fraction of sp³-hybridized carbons (Fsp3) is 0.278. The Morgan fingerprint density at radius 3 is 2.54 bits per heavy atom. The van der Waals surface area contributed by atoms with Gasteiger partial charge in [-0.25, -0.2) is 9.38 Å². The van der Waals surface area contributed by atoms with Crippen LogP contribution in [0.1, 0.15) is 12.0 Å². The number of aliphatic hydroxyl groups is 1. The van der Waals surface area contributed by atoms with Gasteiger partial charge in [0.1, 0.15) is 17.8 Å². The Kier molecular flexibility index (Phi) is 4.59. The zero-order chi connectivity index (χ0) is 20.1. The third-order valence-electron chi connectivity index (χ3n) is 4.34. The number of hydrogen-bond donors (Lipinski definition) is 2. The summed E-state index contributed by atoms with van der Waals surface area (Å²) >= 11 is 6.21. The number of aliphatic hydroxyl groups excluding tert-OH is 1. The van der Waals surface area contributed by atoms with Crippen LogP contribution in [0, 0.1) is 0 Å². The van der Waals surface area contributed by atoms with E-state index in [4.69, 9.17) is 11.6 Å². The second-order valence-corrected chi connectivity index (χ2v) is 6.78. The number of aliphatic imine (C=N–C) groups is 1. The maximum absolute atomic E-state index is 13.3. The van der Waals surface area contributed by atoms with Crippen LogP contribution in [0.5, 0.6) is 5.75 Å². The number of benzene rings is 2. The van der Waals surface area contributed by atoms with Crippen molar-refractivity contribution in [3.05, 3.63) is 53.1 Å². The number of rotatable bonds is 3. The molecular formula is C18H14ClF4N3O2. The van der Waals surface area contributed by atoms with E-state index in [2.05, 4.69) is 15.0 Å². The van der Waals surface area contributed by atoms with Gasteiger partial charge in [-0.15, -0.1) is 13.2 Å². The molecule has 0 amide bonds. The molecule has 0 aromatic heterocycles. The second-order valence-electron chi connectivity index (χ2n) is 6.37. The van der Waals surface area contributed by atoms with Crippen LogP contribution >= 0.6 is 11.6 Å². The van der Waals surface area contributed by atoms with Crippen LogP contribution in [0.4, 0.5) is 28.9 Å². The van der Waals surface area contributed by atoms with Gasteiger partial charge in [-0.1, -0.05) is 23.7 Å². The topological polar surface area (TPSA) is 57.1 Å². The molecule has 1 fully saturated rings. The molecule has 10 heteroatoms. The summed E-state index contributed by atoms with van der Waals surface area (Å²) in [6.45, 7) is 0. The average Bonchev–Trinajstić information content (AvgIpc) is 3.29. The van der Waals surface area contributed by atoms with E-state index in [0.29, 0.717) is 17.7 Å². The fourth-order valence-corrected chi connectivity index (χ4v) is 3.21. The summed E-state index contributed by atoms with van der Waals surface area (Å²) in [6, 6.07) is 9.70. The summed E-state index contributed by atoms with van der Waals surface area (Å²) < 4.78 is 55.2. The average molecular weight is 416 g/mol. The molecule has 4 rings (SSSR count). The predicted octanol–water partition coefficient (Wildman–Crippen LogP) is 4.11.